The second-order valence-corrected chi connectivity index (χ2v) is 5.46. The number of nitrogen functional groups attached to an aromatic ring is 1. The Morgan fingerprint density at radius 1 is 1.50 bits per heavy atom. The predicted octanol–water partition coefficient (Wildman–Crippen LogP) is 2.78. The van der Waals surface area contributed by atoms with Crippen molar-refractivity contribution < 1.29 is 4.74 Å². The molecule has 0 amide bonds. The average molecular weight is 269 g/mol. The number of methoxy groups -OCH3 is 1. The van der Waals surface area contributed by atoms with Crippen LogP contribution < -0.4 is 5.73 Å². The second kappa shape index (κ2) is 6.41. The molecule has 0 saturated carbocycles. The van der Waals surface area contributed by atoms with E-state index in [0.717, 1.165) is 26.2 Å². The highest BCUT2D eigenvalue weighted by molar-refractivity contribution is 6.33. The standard InChI is InChI=1S/C14H21ClN2O/c1-18-10-12-3-2-6-17(9-12)8-11-4-5-14(16)13(15)7-11/h4-5,7,12H,2-3,6,8-10,16H2,1H3. The number of anilines is 1. The Bertz CT molecular complexity index is 395. The topological polar surface area (TPSA) is 38.5 Å². The van der Waals surface area contributed by atoms with Gasteiger partial charge in [-0.25, -0.2) is 0 Å². The monoisotopic (exact) mass is 268 g/mol. The van der Waals surface area contributed by atoms with Crippen molar-refractivity contribution in [1.82, 2.24) is 4.90 Å². The van der Waals surface area contributed by atoms with Crippen molar-refractivity contribution in [2.45, 2.75) is 19.4 Å². The van der Waals surface area contributed by atoms with Gasteiger partial charge < -0.3 is 10.5 Å². The van der Waals surface area contributed by atoms with Crippen LogP contribution in [0.1, 0.15) is 18.4 Å². The van der Waals surface area contributed by atoms with Crippen LogP contribution in [0.25, 0.3) is 0 Å². The number of benzene rings is 1. The average Bonchev–Trinajstić information content (AvgIpc) is 2.35. The first kappa shape index (κ1) is 13.7. The third kappa shape index (κ3) is 3.61. The van der Waals surface area contributed by atoms with Crippen LogP contribution in [0.15, 0.2) is 18.2 Å². The lowest BCUT2D eigenvalue weighted by molar-refractivity contribution is 0.0874. The molecule has 2 N–H and O–H groups in total. The Morgan fingerprint density at radius 2 is 2.33 bits per heavy atom. The lowest BCUT2D eigenvalue weighted by atomic mass is 9.98. The summed E-state index contributed by atoms with van der Waals surface area (Å²) in [6.07, 6.45) is 2.52. The number of nitrogens with two attached hydrogens (primary N) is 1. The van der Waals surface area contributed by atoms with E-state index in [0.29, 0.717) is 16.6 Å². The first-order chi connectivity index (χ1) is 8.69. The number of halogens is 1. The molecule has 1 aromatic carbocycles. The molecule has 1 aromatic rings. The van der Waals surface area contributed by atoms with E-state index in [-0.39, 0.29) is 0 Å². The number of likely N-dealkylation sites (tertiary alicyclic amines) is 1. The summed E-state index contributed by atoms with van der Waals surface area (Å²) in [6, 6.07) is 5.91. The molecule has 3 nitrogen and oxygen atoms in total. The summed E-state index contributed by atoms with van der Waals surface area (Å²) in [7, 11) is 1.78. The highest BCUT2D eigenvalue weighted by atomic mass is 35.5. The Labute approximate surface area is 114 Å². The molecule has 4 heteroatoms. The lowest BCUT2D eigenvalue weighted by Crippen LogP contribution is -2.36. The van der Waals surface area contributed by atoms with Crippen LogP contribution in [-0.4, -0.2) is 31.7 Å². The largest absolute Gasteiger partial charge is 0.398 e. The van der Waals surface area contributed by atoms with Crippen LogP contribution in [0.2, 0.25) is 5.02 Å². The number of rotatable bonds is 4. The Balaban J connectivity index is 1.93. The van der Waals surface area contributed by atoms with E-state index in [9.17, 15) is 0 Å². The Hall–Kier alpha value is -0.770. The minimum absolute atomic E-state index is 0.649. The van der Waals surface area contributed by atoms with E-state index in [1.165, 1.54) is 18.4 Å². The van der Waals surface area contributed by atoms with Crippen LogP contribution >= 0.6 is 11.6 Å². The molecule has 1 aliphatic rings. The molecule has 0 bridgehead atoms. The number of hydrogen-bond donors (Lipinski definition) is 1. The van der Waals surface area contributed by atoms with Gasteiger partial charge in [-0.05, 0) is 43.0 Å². The quantitative estimate of drug-likeness (QED) is 0.854. The molecular formula is C14H21ClN2O. The van der Waals surface area contributed by atoms with Gasteiger partial charge in [-0.15, -0.1) is 0 Å². The number of piperidine rings is 1. The predicted molar refractivity (Wildman–Crippen MR) is 75.7 cm³/mol. The fourth-order valence-electron chi connectivity index (χ4n) is 2.59. The summed E-state index contributed by atoms with van der Waals surface area (Å²) in [5, 5.41) is 0.651. The molecule has 1 unspecified atom stereocenters. The fraction of sp³-hybridized carbons (Fsp3) is 0.571. The van der Waals surface area contributed by atoms with Gasteiger partial charge in [-0.2, -0.15) is 0 Å². The molecule has 0 aliphatic carbocycles. The molecule has 1 heterocycles. The van der Waals surface area contributed by atoms with E-state index in [2.05, 4.69) is 11.0 Å². The molecule has 0 spiro atoms. The van der Waals surface area contributed by atoms with Crippen molar-refractivity contribution in [3.63, 3.8) is 0 Å². The minimum Gasteiger partial charge on any atom is -0.398 e. The summed E-state index contributed by atoms with van der Waals surface area (Å²) in [6.45, 7) is 4.07. The van der Waals surface area contributed by atoms with E-state index >= 15 is 0 Å². The number of hydrogen-bond acceptors (Lipinski definition) is 3. The van der Waals surface area contributed by atoms with Crippen molar-refractivity contribution in [1.29, 1.82) is 0 Å². The zero-order valence-electron chi connectivity index (χ0n) is 10.9. The van der Waals surface area contributed by atoms with E-state index < -0.39 is 0 Å². The maximum absolute atomic E-state index is 6.05. The zero-order valence-corrected chi connectivity index (χ0v) is 11.6. The van der Waals surface area contributed by atoms with E-state index in [4.69, 9.17) is 22.1 Å². The zero-order chi connectivity index (χ0) is 13.0. The normalized spacial score (nSPS) is 21.1. The van der Waals surface area contributed by atoms with Crippen LogP contribution in [0.5, 0.6) is 0 Å². The first-order valence-corrected chi connectivity index (χ1v) is 6.82. The number of ether oxygens (including phenoxy) is 1. The molecule has 0 aromatic heterocycles. The van der Waals surface area contributed by atoms with Crippen molar-refractivity contribution >= 4 is 17.3 Å². The molecule has 1 atom stereocenters. The smallest absolute Gasteiger partial charge is 0.0638 e. The summed E-state index contributed by atoms with van der Waals surface area (Å²) < 4.78 is 5.25. The summed E-state index contributed by atoms with van der Waals surface area (Å²) in [4.78, 5) is 2.47. The molecule has 18 heavy (non-hydrogen) atoms. The molecule has 0 radical (unpaired) electrons. The fourth-order valence-corrected chi connectivity index (χ4v) is 2.80. The highest BCUT2D eigenvalue weighted by Crippen LogP contribution is 2.23. The van der Waals surface area contributed by atoms with Crippen molar-refractivity contribution in [3.05, 3.63) is 28.8 Å². The van der Waals surface area contributed by atoms with Gasteiger partial charge >= 0.3 is 0 Å². The maximum Gasteiger partial charge on any atom is 0.0638 e. The summed E-state index contributed by atoms with van der Waals surface area (Å²) in [5.74, 6) is 0.660. The van der Waals surface area contributed by atoms with Gasteiger partial charge in [0.05, 0.1) is 17.3 Å². The van der Waals surface area contributed by atoms with Crippen LogP contribution in [0.3, 0.4) is 0 Å². The van der Waals surface area contributed by atoms with Gasteiger partial charge in [0, 0.05) is 20.2 Å². The third-order valence-electron chi connectivity index (χ3n) is 3.48. The van der Waals surface area contributed by atoms with Gasteiger partial charge in [-0.3, -0.25) is 4.90 Å². The lowest BCUT2D eigenvalue weighted by Gasteiger charge is -2.32. The third-order valence-corrected chi connectivity index (χ3v) is 3.80. The minimum atomic E-state index is 0.649. The second-order valence-electron chi connectivity index (χ2n) is 5.05. The summed E-state index contributed by atoms with van der Waals surface area (Å²) in [5.41, 5.74) is 7.60. The van der Waals surface area contributed by atoms with Crippen LogP contribution in [-0.2, 0) is 11.3 Å². The Morgan fingerprint density at radius 3 is 3.06 bits per heavy atom. The number of nitrogens with zero attached hydrogens (tertiary/aromatic N) is 1. The van der Waals surface area contributed by atoms with Gasteiger partial charge in [0.25, 0.3) is 0 Å². The first-order valence-electron chi connectivity index (χ1n) is 6.44. The highest BCUT2D eigenvalue weighted by Gasteiger charge is 2.19. The van der Waals surface area contributed by atoms with Gasteiger partial charge in [-0.1, -0.05) is 17.7 Å². The molecular weight excluding hydrogens is 248 g/mol. The van der Waals surface area contributed by atoms with Crippen molar-refractivity contribution in [2.75, 3.05) is 32.5 Å². The van der Waals surface area contributed by atoms with E-state index in [1.807, 2.05) is 12.1 Å². The van der Waals surface area contributed by atoms with Crippen molar-refractivity contribution in [2.24, 2.45) is 5.92 Å². The van der Waals surface area contributed by atoms with Crippen LogP contribution in [0.4, 0.5) is 5.69 Å². The molecule has 1 aliphatic heterocycles. The molecule has 1 saturated heterocycles. The molecule has 100 valence electrons. The van der Waals surface area contributed by atoms with Crippen molar-refractivity contribution in [3.8, 4) is 0 Å². The SMILES string of the molecule is COCC1CCCN(Cc2ccc(N)c(Cl)c2)C1. The molecule has 1 fully saturated rings. The maximum atomic E-state index is 6.05. The summed E-state index contributed by atoms with van der Waals surface area (Å²) >= 11 is 6.05. The van der Waals surface area contributed by atoms with Gasteiger partial charge in [0.15, 0.2) is 0 Å². The van der Waals surface area contributed by atoms with Crippen LogP contribution in [0, 0.1) is 5.92 Å². The Kier molecular flexibility index (Phi) is 4.87. The van der Waals surface area contributed by atoms with Gasteiger partial charge in [0.2, 0.25) is 0 Å². The van der Waals surface area contributed by atoms with E-state index in [1.54, 1.807) is 7.11 Å². The van der Waals surface area contributed by atoms with Gasteiger partial charge in [0.1, 0.15) is 0 Å². The molecule has 2 rings (SSSR count).